The van der Waals surface area contributed by atoms with Crippen LogP contribution in [0.25, 0.3) is 0 Å². The monoisotopic (exact) mass is 265 g/mol. The molecule has 1 amide bonds. The van der Waals surface area contributed by atoms with Crippen LogP contribution >= 0.6 is 0 Å². The van der Waals surface area contributed by atoms with E-state index in [2.05, 4.69) is 0 Å². The van der Waals surface area contributed by atoms with Gasteiger partial charge in [-0.25, -0.2) is 4.79 Å². The molecule has 1 saturated heterocycles. The van der Waals surface area contributed by atoms with E-state index in [9.17, 15) is 4.79 Å². The number of aliphatic hydroxyl groups is 1. The zero-order valence-electron chi connectivity index (χ0n) is 11.0. The second kappa shape index (κ2) is 6.43. The third-order valence-corrected chi connectivity index (χ3v) is 3.13. The second-order valence-corrected chi connectivity index (χ2v) is 4.37. The molecule has 0 saturated carbocycles. The largest absolute Gasteiger partial charge is 0.494 e. The van der Waals surface area contributed by atoms with Crippen LogP contribution in [-0.2, 0) is 4.74 Å². The van der Waals surface area contributed by atoms with Gasteiger partial charge in [-0.2, -0.15) is 0 Å². The Balaban J connectivity index is 2.18. The molecule has 0 bridgehead atoms. The number of hydrogen-bond acceptors (Lipinski definition) is 4. The van der Waals surface area contributed by atoms with Gasteiger partial charge in [-0.15, -0.1) is 0 Å². The van der Waals surface area contributed by atoms with Crippen LogP contribution < -0.4 is 9.64 Å². The van der Waals surface area contributed by atoms with E-state index in [1.54, 1.807) is 4.90 Å². The van der Waals surface area contributed by atoms with Crippen LogP contribution in [-0.4, -0.2) is 37.1 Å². The molecular weight excluding hydrogens is 246 g/mol. The first-order valence-electron chi connectivity index (χ1n) is 6.56. The maximum Gasteiger partial charge on any atom is 0.414 e. The van der Waals surface area contributed by atoms with E-state index in [1.807, 2.05) is 31.2 Å². The fourth-order valence-electron chi connectivity index (χ4n) is 2.24. The van der Waals surface area contributed by atoms with Gasteiger partial charge in [0.15, 0.2) is 0 Å². The molecule has 1 aromatic carbocycles. The standard InChI is InChI=1S/C14H19NO4/c1-2-18-13-5-3-11(4-6-13)15-12(7-9-16)8-10-19-14(15)17/h3-6,12,16H,2,7-10H2,1H3. The van der Waals surface area contributed by atoms with Gasteiger partial charge in [-0.3, -0.25) is 4.90 Å². The molecule has 5 nitrogen and oxygen atoms in total. The maximum absolute atomic E-state index is 11.9. The van der Waals surface area contributed by atoms with Crippen LogP contribution in [0.1, 0.15) is 19.8 Å². The Labute approximate surface area is 112 Å². The van der Waals surface area contributed by atoms with Crippen molar-refractivity contribution in [2.24, 2.45) is 0 Å². The second-order valence-electron chi connectivity index (χ2n) is 4.37. The Kier molecular flexibility index (Phi) is 4.63. The van der Waals surface area contributed by atoms with Crippen molar-refractivity contribution in [3.05, 3.63) is 24.3 Å². The van der Waals surface area contributed by atoms with Crippen LogP contribution in [0.5, 0.6) is 5.75 Å². The van der Waals surface area contributed by atoms with Gasteiger partial charge in [0, 0.05) is 24.8 Å². The fourth-order valence-corrected chi connectivity index (χ4v) is 2.24. The highest BCUT2D eigenvalue weighted by Crippen LogP contribution is 2.26. The molecule has 0 aliphatic carbocycles. The Morgan fingerprint density at radius 2 is 2.16 bits per heavy atom. The third kappa shape index (κ3) is 3.17. The Morgan fingerprint density at radius 3 is 2.79 bits per heavy atom. The molecule has 1 aromatic rings. The van der Waals surface area contributed by atoms with E-state index in [4.69, 9.17) is 14.6 Å². The van der Waals surface area contributed by atoms with Gasteiger partial charge < -0.3 is 14.6 Å². The highest BCUT2D eigenvalue weighted by molar-refractivity contribution is 5.89. The minimum Gasteiger partial charge on any atom is -0.494 e. The molecular formula is C14H19NO4. The van der Waals surface area contributed by atoms with Crippen molar-refractivity contribution in [2.75, 3.05) is 24.7 Å². The molecule has 19 heavy (non-hydrogen) atoms. The summed E-state index contributed by atoms with van der Waals surface area (Å²) in [4.78, 5) is 13.5. The number of anilines is 1. The van der Waals surface area contributed by atoms with Gasteiger partial charge in [0.2, 0.25) is 0 Å². The maximum atomic E-state index is 11.9. The first-order valence-corrected chi connectivity index (χ1v) is 6.56. The molecule has 0 spiro atoms. The van der Waals surface area contributed by atoms with Crippen LogP contribution in [0.3, 0.4) is 0 Å². The number of hydrogen-bond donors (Lipinski definition) is 1. The molecule has 1 aliphatic heterocycles. The summed E-state index contributed by atoms with van der Waals surface area (Å²) in [5.74, 6) is 0.773. The highest BCUT2D eigenvalue weighted by atomic mass is 16.6. The molecule has 1 unspecified atom stereocenters. The molecule has 5 heteroatoms. The molecule has 0 aromatic heterocycles. The topological polar surface area (TPSA) is 59.0 Å². The first-order chi connectivity index (χ1) is 9.26. The average molecular weight is 265 g/mol. The first kappa shape index (κ1) is 13.7. The van der Waals surface area contributed by atoms with Crippen LogP contribution in [0, 0.1) is 0 Å². The zero-order chi connectivity index (χ0) is 13.7. The minimum absolute atomic E-state index is 0.0100. The summed E-state index contributed by atoms with van der Waals surface area (Å²) < 4.78 is 10.4. The molecule has 1 heterocycles. The number of nitrogens with zero attached hydrogens (tertiary/aromatic N) is 1. The molecule has 104 valence electrons. The molecule has 0 radical (unpaired) electrons. The Hall–Kier alpha value is -1.75. The Bertz CT molecular complexity index is 416. The minimum atomic E-state index is -0.353. The lowest BCUT2D eigenvalue weighted by Crippen LogP contribution is -2.46. The normalized spacial score (nSPS) is 19.2. The lowest BCUT2D eigenvalue weighted by molar-refractivity contribution is 0.124. The van der Waals surface area contributed by atoms with Crippen LogP contribution in [0.2, 0.25) is 0 Å². The summed E-state index contributed by atoms with van der Waals surface area (Å²) in [5, 5.41) is 9.08. The van der Waals surface area contributed by atoms with E-state index in [0.29, 0.717) is 19.6 Å². The molecule has 2 rings (SSSR count). The summed E-state index contributed by atoms with van der Waals surface area (Å²) in [6.45, 7) is 3.01. The zero-order valence-corrected chi connectivity index (χ0v) is 11.0. The highest BCUT2D eigenvalue weighted by Gasteiger charge is 2.30. The molecule has 1 fully saturated rings. The SMILES string of the molecule is CCOc1ccc(N2C(=O)OCCC2CCO)cc1. The van der Waals surface area contributed by atoms with E-state index < -0.39 is 0 Å². The van der Waals surface area contributed by atoms with E-state index in [1.165, 1.54) is 0 Å². The van der Waals surface area contributed by atoms with Gasteiger partial charge in [0.1, 0.15) is 5.75 Å². The van der Waals surface area contributed by atoms with Crippen molar-refractivity contribution in [1.82, 2.24) is 0 Å². The van der Waals surface area contributed by atoms with Crippen molar-refractivity contribution in [3.8, 4) is 5.75 Å². The predicted molar refractivity (Wildman–Crippen MR) is 71.5 cm³/mol. The van der Waals surface area contributed by atoms with Crippen LogP contribution in [0.15, 0.2) is 24.3 Å². The number of ether oxygens (including phenoxy) is 2. The smallest absolute Gasteiger partial charge is 0.414 e. The lowest BCUT2D eigenvalue weighted by Gasteiger charge is -2.34. The molecule has 1 aliphatic rings. The number of rotatable bonds is 5. The van der Waals surface area contributed by atoms with Gasteiger partial charge in [-0.1, -0.05) is 0 Å². The van der Waals surface area contributed by atoms with Crippen molar-refractivity contribution >= 4 is 11.8 Å². The van der Waals surface area contributed by atoms with Crippen molar-refractivity contribution in [1.29, 1.82) is 0 Å². The van der Waals surface area contributed by atoms with E-state index in [-0.39, 0.29) is 18.7 Å². The van der Waals surface area contributed by atoms with Crippen molar-refractivity contribution in [2.45, 2.75) is 25.8 Å². The number of carbonyl (C=O) groups excluding carboxylic acids is 1. The van der Waals surface area contributed by atoms with Crippen molar-refractivity contribution in [3.63, 3.8) is 0 Å². The predicted octanol–water partition coefficient (Wildman–Crippen LogP) is 2.18. The average Bonchev–Trinajstić information content (AvgIpc) is 2.41. The summed E-state index contributed by atoms with van der Waals surface area (Å²) in [6.07, 6.45) is 0.941. The fraction of sp³-hybridized carbons (Fsp3) is 0.500. The summed E-state index contributed by atoms with van der Waals surface area (Å²) >= 11 is 0. The number of aliphatic hydroxyl groups excluding tert-OH is 1. The van der Waals surface area contributed by atoms with Gasteiger partial charge >= 0.3 is 6.09 Å². The van der Waals surface area contributed by atoms with Gasteiger partial charge in [-0.05, 0) is 37.6 Å². The third-order valence-electron chi connectivity index (χ3n) is 3.13. The number of benzene rings is 1. The van der Waals surface area contributed by atoms with E-state index in [0.717, 1.165) is 17.9 Å². The van der Waals surface area contributed by atoms with Gasteiger partial charge in [0.05, 0.1) is 13.2 Å². The number of cyclic esters (lactones) is 1. The molecule has 1 N–H and O–H groups in total. The number of amides is 1. The summed E-state index contributed by atoms with van der Waals surface area (Å²) in [5.41, 5.74) is 0.770. The van der Waals surface area contributed by atoms with Crippen LogP contribution in [0.4, 0.5) is 10.5 Å². The molecule has 1 atom stereocenters. The number of carbonyl (C=O) groups is 1. The summed E-state index contributed by atoms with van der Waals surface area (Å²) in [6, 6.07) is 7.32. The van der Waals surface area contributed by atoms with E-state index >= 15 is 0 Å². The summed E-state index contributed by atoms with van der Waals surface area (Å²) in [7, 11) is 0. The van der Waals surface area contributed by atoms with Crippen molar-refractivity contribution < 1.29 is 19.4 Å². The lowest BCUT2D eigenvalue weighted by atomic mass is 10.1. The Morgan fingerprint density at radius 1 is 1.42 bits per heavy atom. The van der Waals surface area contributed by atoms with Gasteiger partial charge in [0.25, 0.3) is 0 Å². The quantitative estimate of drug-likeness (QED) is 0.886.